The minimum atomic E-state index is -0.101. The van der Waals surface area contributed by atoms with E-state index < -0.39 is 0 Å². The predicted molar refractivity (Wildman–Crippen MR) is 40.7 cm³/mol. The number of hydrogen-bond acceptors (Lipinski definition) is 2. The second-order valence-corrected chi connectivity index (χ2v) is 4.27. The minimum absolute atomic E-state index is 0.101. The Hall–Kier alpha value is 0.790. The van der Waals surface area contributed by atoms with Crippen molar-refractivity contribution in [3.63, 3.8) is 0 Å². The van der Waals surface area contributed by atoms with Crippen LogP contribution in [0.2, 0.25) is 0 Å². The summed E-state index contributed by atoms with van der Waals surface area (Å²) in [5.41, 5.74) is 0. The normalized spacial score (nSPS) is 39.8. The molecule has 0 bridgehead atoms. The summed E-state index contributed by atoms with van der Waals surface area (Å²) in [5, 5.41) is 9.12. The molecule has 0 saturated carbocycles. The van der Waals surface area contributed by atoms with Gasteiger partial charge in [0.1, 0.15) is 0 Å². The second kappa shape index (κ2) is 3.08. The van der Waals surface area contributed by atoms with Gasteiger partial charge >= 0.3 is 0 Å². The summed E-state index contributed by atoms with van der Waals surface area (Å²) >= 11 is 5.28. The molecule has 1 aliphatic rings. The third-order valence-electron chi connectivity index (χ3n) is 1.25. The van der Waals surface area contributed by atoms with Crippen molar-refractivity contribution in [1.29, 1.82) is 0 Å². The molecule has 0 spiro atoms. The molecule has 48 valence electrons. The Morgan fingerprint density at radius 3 is 2.75 bits per heavy atom. The molecule has 0 aromatic heterocycles. The van der Waals surface area contributed by atoms with Gasteiger partial charge in [-0.2, -0.15) is 11.8 Å². The van der Waals surface area contributed by atoms with E-state index in [-0.39, 0.29) is 6.10 Å². The molecule has 1 fully saturated rings. The monoisotopic (exact) mass is 196 g/mol. The van der Waals surface area contributed by atoms with Crippen LogP contribution in [-0.4, -0.2) is 27.5 Å². The van der Waals surface area contributed by atoms with Gasteiger partial charge in [0.25, 0.3) is 0 Å². The van der Waals surface area contributed by atoms with Crippen molar-refractivity contribution in [1.82, 2.24) is 0 Å². The van der Waals surface area contributed by atoms with Crippen molar-refractivity contribution in [2.45, 2.75) is 17.4 Å². The SMILES string of the molecule is O[C@H]1CCSC[C@H]1Br. The molecule has 1 N–H and O–H groups in total. The fraction of sp³-hybridized carbons (Fsp3) is 1.00. The van der Waals surface area contributed by atoms with Gasteiger partial charge in [0.15, 0.2) is 0 Å². The van der Waals surface area contributed by atoms with E-state index in [1.54, 1.807) is 0 Å². The summed E-state index contributed by atoms with van der Waals surface area (Å²) in [6.45, 7) is 0. The highest BCUT2D eigenvalue weighted by molar-refractivity contribution is 9.09. The van der Waals surface area contributed by atoms with Crippen molar-refractivity contribution < 1.29 is 5.11 Å². The smallest absolute Gasteiger partial charge is 0.0681 e. The Morgan fingerprint density at radius 2 is 2.38 bits per heavy atom. The first-order chi connectivity index (χ1) is 3.80. The van der Waals surface area contributed by atoms with Crippen LogP contribution in [-0.2, 0) is 0 Å². The van der Waals surface area contributed by atoms with Crippen LogP contribution < -0.4 is 0 Å². The zero-order valence-corrected chi connectivity index (χ0v) is 6.91. The van der Waals surface area contributed by atoms with Crippen LogP contribution in [0.4, 0.5) is 0 Å². The van der Waals surface area contributed by atoms with Gasteiger partial charge in [0, 0.05) is 10.6 Å². The van der Waals surface area contributed by atoms with Crippen molar-refractivity contribution in [2.24, 2.45) is 0 Å². The molecule has 2 atom stereocenters. The van der Waals surface area contributed by atoms with Crippen LogP contribution in [0, 0.1) is 0 Å². The predicted octanol–water partition coefficient (Wildman–Crippen LogP) is 1.25. The van der Waals surface area contributed by atoms with E-state index in [0.29, 0.717) is 4.83 Å². The minimum Gasteiger partial charge on any atom is -0.392 e. The van der Waals surface area contributed by atoms with Crippen LogP contribution in [0.3, 0.4) is 0 Å². The van der Waals surface area contributed by atoms with Gasteiger partial charge in [-0.05, 0) is 12.2 Å². The Labute approximate surface area is 62.0 Å². The number of thioether (sulfide) groups is 1. The van der Waals surface area contributed by atoms with Gasteiger partial charge in [0.05, 0.1) is 6.10 Å². The van der Waals surface area contributed by atoms with Gasteiger partial charge < -0.3 is 5.11 Å². The maximum absolute atomic E-state index is 9.12. The molecule has 1 saturated heterocycles. The van der Waals surface area contributed by atoms with Gasteiger partial charge in [-0.1, -0.05) is 15.9 Å². The molecule has 0 aliphatic carbocycles. The average Bonchev–Trinajstić information content (AvgIpc) is 1.77. The maximum Gasteiger partial charge on any atom is 0.0681 e. The van der Waals surface area contributed by atoms with E-state index in [4.69, 9.17) is 5.11 Å². The third kappa shape index (κ3) is 1.64. The quantitative estimate of drug-likeness (QED) is 0.589. The third-order valence-corrected chi connectivity index (χ3v) is 3.73. The molecule has 1 heterocycles. The number of aliphatic hydroxyl groups is 1. The fourth-order valence-electron chi connectivity index (χ4n) is 0.692. The lowest BCUT2D eigenvalue weighted by Crippen LogP contribution is -2.27. The molecule has 0 radical (unpaired) electrons. The van der Waals surface area contributed by atoms with Crippen LogP contribution in [0.25, 0.3) is 0 Å². The summed E-state index contributed by atoms with van der Waals surface area (Å²) in [4.78, 5) is 0.334. The summed E-state index contributed by atoms with van der Waals surface area (Å²) in [7, 11) is 0. The first-order valence-electron chi connectivity index (χ1n) is 2.70. The average molecular weight is 197 g/mol. The van der Waals surface area contributed by atoms with Gasteiger partial charge in [0.2, 0.25) is 0 Å². The Morgan fingerprint density at radius 1 is 1.62 bits per heavy atom. The summed E-state index contributed by atoms with van der Waals surface area (Å²) in [5.74, 6) is 2.17. The molecule has 8 heavy (non-hydrogen) atoms. The molecule has 1 rings (SSSR count). The van der Waals surface area contributed by atoms with Crippen LogP contribution in [0.5, 0.6) is 0 Å². The first-order valence-corrected chi connectivity index (χ1v) is 4.77. The molecule has 1 aliphatic heterocycles. The highest BCUT2D eigenvalue weighted by Crippen LogP contribution is 2.22. The van der Waals surface area contributed by atoms with E-state index in [1.807, 2.05) is 11.8 Å². The largest absolute Gasteiger partial charge is 0.392 e. The van der Waals surface area contributed by atoms with Crippen LogP contribution >= 0.6 is 27.7 Å². The zero-order chi connectivity index (χ0) is 5.98. The number of alkyl halides is 1. The number of hydrogen-bond donors (Lipinski definition) is 1. The number of aliphatic hydroxyl groups excluding tert-OH is 1. The lowest BCUT2D eigenvalue weighted by molar-refractivity contribution is 0.173. The molecular formula is C5H9BrOS. The Bertz CT molecular complexity index is 68.8. The standard InChI is InChI=1S/C5H9BrOS/c6-4-3-8-2-1-5(4)7/h4-5,7H,1-3H2/t4-,5+/m1/s1. The van der Waals surface area contributed by atoms with E-state index in [9.17, 15) is 0 Å². The van der Waals surface area contributed by atoms with E-state index >= 15 is 0 Å². The van der Waals surface area contributed by atoms with Crippen LogP contribution in [0.1, 0.15) is 6.42 Å². The van der Waals surface area contributed by atoms with E-state index in [1.165, 1.54) is 0 Å². The Kier molecular flexibility index (Phi) is 2.66. The highest BCUT2D eigenvalue weighted by Gasteiger charge is 2.19. The maximum atomic E-state index is 9.12. The molecule has 0 aromatic rings. The first kappa shape index (κ1) is 6.90. The molecular weight excluding hydrogens is 188 g/mol. The molecule has 0 amide bonds. The summed E-state index contributed by atoms with van der Waals surface area (Å²) in [6.07, 6.45) is 0.844. The molecule has 0 aromatic carbocycles. The lowest BCUT2D eigenvalue weighted by atomic mass is 10.2. The number of rotatable bonds is 0. The topological polar surface area (TPSA) is 20.2 Å². The van der Waals surface area contributed by atoms with Gasteiger partial charge in [-0.25, -0.2) is 0 Å². The van der Waals surface area contributed by atoms with Crippen molar-refractivity contribution >= 4 is 27.7 Å². The zero-order valence-electron chi connectivity index (χ0n) is 4.51. The Balaban J connectivity index is 2.28. The number of halogens is 1. The van der Waals surface area contributed by atoms with E-state index in [0.717, 1.165) is 17.9 Å². The molecule has 0 unspecified atom stereocenters. The lowest BCUT2D eigenvalue weighted by Gasteiger charge is -2.21. The summed E-state index contributed by atoms with van der Waals surface area (Å²) < 4.78 is 0. The van der Waals surface area contributed by atoms with Crippen LogP contribution in [0.15, 0.2) is 0 Å². The van der Waals surface area contributed by atoms with Gasteiger partial charge in [-0.3, -0.25) is 0 Å². The fourth-order valence-corrected chi connectivity index (χ4v) is 2.54. The van der Waals surface area contributed by atoms with Crippen molar-refractivity contribution in [2.75, 3.05) is 11.5 Å². The van der Waals surface area contributed by atoms with E-state index in [2.05, 4.69) is 15.9 Å². The molecule has 3 heteroatoms. The van der Waals surface area contributed by atoms with Crippen molar-refractivity contribution in [3.8, 4) is 0 Å². The molecule has 1 nitrogen and oxygen atoms in total. The van der Waals surface area contributed by atoms with Crippen molar-refractivity contribution in [3.05, 3.63) is 0 Å². The second-order valence-electron chi connectivity index (χ2n) is 1.95. The summed E-state index contributed by atoms with van der Waals surface area (Å²) in [6, 6.07) is 0. The van der Waals surface area contributed by atoms with Gasteiger partial charge in [-0.15, -0.1) is 0 Å². The highest BCUT2D eigenvalue weighted by atomic mass is 79.9.